The smallest absolute Gasteiger partial charge is 0.183 e. The van der Waals surface area contributed by atoms with Crippen LogP contribution in [-0.4, -0.2) is 15.2 Å². The maximum atomic E-state index is 5.54. The lowest BCUT2D eigenvalue weighted by atomic mass is 10.3. The van der Waals surface area contributed by atoms with Crippen LogP contribution in [0, 0.1) is 0 Å². The molecule has 2 rings (SSSR count). The van der Waals surface area contributed by atoms with Crippen LogP contribution in [-0.2, 0) is 0 Å². The molecule has 0 aliphatic rings. The Morgan fingerprint density at radius 2 is 2.15 bits per heavy atom. The van der Waals surface area contributed by atoms with Crippen molar-refractivity contribution in [2.75, 3.05) is 5.73 Å². The van der Waals surface area contributed by atoms with Crippen molar-refractivity contribution in [3.8, 4) is 10.7 Å². The fraction of sp³-hybridized carbons (Fsp3) is 0. The first kappa shape index (κ1) is 8.58. The van der Waals surface area contributed by atoms with Gasteiger partial charge in [0, 0.05) is 0 Å². The zero-order valence-electron chi connectivity index (χ0n) is 6.44. The second kappa shape index (κ2) is 3.39. The third-order valence-electron chi connectivity index (χ3n) is 1.39. The summed E-state index contributed by atoms with van der Waals surface area (Å²) in [6, 6.07) is 5.43. The zero-order valence-corrected chi connectivity index (χ0v) is 8.84. The van der Waals surface area contributed by atoms with Gasteiger partial charge in [0.25, 0.3) is 0 Å². The molecule has 0 fully saturated rings. The monoisotopic (exact) mass is 256 g/mol. The summed E-state index contributed by atoms with van der Waals surface area (Å²) in [6.07, 6.45) is 0. The van der Waals surface area contributed by atoms with E-state index in [1.54, 1.807) is 6.07 Å². The van der Waals surface area contributed by atoms with Crippen molar-refractivity contribution in [3.63, 3.8) is 0 Å². The fourth-order valence-electron chi connectivity index (χ4n) is 0.879. The molecule has 2 heterocycles. The van der Waals surface area contributed by atoms with E-state index in [4.69, 9.17) is 5.73 Å². The van der Waals surface area contributed by atoms with Gasteiger partial charge in [-0.3, -0.25) is 0 Å². The summed E-state index contributed by atoms with van der Waals surface area (Å²) in [6.45, 7) is 0. The highest BCUT2D eigenvalue weighted by molar-refractivity contribution is 9.11. The number of hydrogen-bond donors (Lipinski definition) is 1. The SMILES string of the molecule is Nc1cccc(-c2nnc(Br)s2)n1. The lowest BCUT2D eigenvalue weighted by Gasteiger charge is -1.94. The first-order valence-electron chi connectivity index (χ1n) is 3.47. The third kappa shape index (κ3) is 1.84. The van der Waals surface area contributed by atoms with Gasteiger partial charge in [-0.25, -0.2) is 4.98 Å². The number of halogens is 1. The Morgan fingerprint density at radius 3 is 2.77 bits per heavy atom. The number of pyridine rings is 1. The largest absolute Gasteiger partial charge is 0.384 e. The Bertz CT molecular complexity index is 428. The molecule has 2 aromatic rings. The molecule has 2 aromatic heterocycles. The van der Waals surface area contributed by atoms with Gasteiger partial charge in [0.1, 0.15) is 11.5 Å². The van der Waals surface area contributed by atoms with Gasteiger partial charge in [0.2, 0.25) is 0 Å². The van der Waals surface area contributed by atoms with Crippen LogP contribution < -0.4 is 5.73 Å². The third-order valence-corrected chi connectivity index (χ3v) is 2.77. The maximum Gasteiger partial charge on any atom is 0.183 e. The Kier molecular flexibility index (Phi) is 2.24. The zero-order chi connectivity index (χ0) is 9.26. The molecular weight excluding hydrogens is 252 g/mol. The number of nitrogen functional groups attached to an aromatic ring is 1. The van der Waals surface area contributed by atoms with Crippen LogP contribution in [0.2, 0.25) is 0 Å². The molecule has 0 saturated heterocycles. The molecule has 13 heavy (non-hydrogen) atoms. The molecule has 0 saturated carbocycles. The molecule has 0 bridgehead atoms. The van der Waals surface area contributed by atoms with Crippen molar-refractivity contribution < 1.29 is 0 Å². The Hall–Kier alpha value is -1.01. The van der Waals surface area contributed by atoms with Gasteiger partial charge in [0.05, 0.1) is 0 Å². The predicted molar refractivity (Wildman–Crippen MR) is 55.3 cm³/mol. The van der Waals surface area contributed by atoms with Gasteiger partial charge >= 0.3 is 0 Å². The average molecular weight is 257 g/mol. The summed E-state index contributed by atoms with van der Waals surface area (Å²) in [5.74, 6) is 0.490. The fourth-order valence-corrected chi connectivity index (χ4v) is 1.96. The number of aromatic nitrogens is 3. The van der Waals surface area contributed by atoms with Crippen molar-refractivity contribution in [1.29, 1.82) is 0 Å². The molecule has 2 N–H and O–H groups in total. The molecule has 4 nitrogen and oxygen atoms in total. The molecule has 0 unspecified atom stereocenters. The van der Waals surface area contributed by atoms with E-state index in [0.717, 1.165) is 14.6 Å². The molecule has 0 atom stereocenters. The van der Waals surface area contributed by atoms with Crippen LogP contribution in [0.3, 0.4) is 0 Å². The van der Waals surface area contributed by atoms with E-state index in [1.165, 1.54) is 11.3 Å². The number of anilines is 1. The van der Waals surface area contributed by atoms with Crippen molar-refractivity contribution in [2.45, 2.75) is 0 Å². The van der Waals surface area contributed by atoms with Crippen LogP contribution in [0.5, 0.6) is 0 Å². The lowest BCUT2D eigenvalue weighted by molar-refractivity contribution is 1.07. The van der Waals surface area contributed by atoms with Crippen LogP contribution in [0.4, 0.5) is 5.82 Å². The first-order chi connectivity index (χ1) is 6.25. The van der Waals surface area contributed by atoms with Crippen molar-refractivity contribution >= 4 is 33.1 Å². The minimum atomic E-state index is 0.490. The molecule has 0 amide bonds. The van der Waals surface area contributed by atoms with Crippen molar-refractivity contribution in [2.24, 2.45) is 0 Å². The molecule has 0 aliphatic carbocycles. The number of nitrogens with zero attached hydrogens (tertiary/aromatic N) is 3. The molecular formula is C7H5BrN4S. The Morgan fingerprint density at radius 1 is 1.31 bits per heavy atom. The predicted octanol–water partition coefficient (Wildman–Crippen LogP) is 1.94. The van der Waals surface area contributed by atoms with Gasteiger partial charge in [-0.2, -0.15) is 0 Å². The highest BCUT2D eigenvalue weighted by Gasteiger charge is 2.05. The summed E-state index contributed by atoms with van der Waals surface area (Å²) in [5.41, 5.74) is 6.29. The molecule has 66 valence electrons. The van der Waals surface area contributed by atoms with E-state index in [-0.39, 0.29) is 0 Å². The average Bonchev–Trinajstić information content (AvgIpc) is 2.52. The van der Waals surface area contributed by atoms with Crippen LogP contribution >= 0.6 is 27.3 Å². The summed E-state index contributed by atoms with van der Waals surface area (Å²) in [4.78, 5) is 4.12. The minimum absolute atomic E-state index is 0.490. The summed E-state index contributed by atoms with van der Waals surface area (Å²) < 4.78 is 0.742. The molecule has 6 heteroatoms. The van der Waals surface area contributed by atoms with E-state index >= 15 is 0 Å². The molecule has 0 aliphatic heterocycles. The number of hydrogen-bond acceptors (Lipinski definition) is 5. The van der Waals surface area contributed by atoms with Crippen LogP contribution in [0.15, 0.2) is 22.1 Å². The van der Waals surface area contributed by atoms with Gasteiger partial charge in [-0.15, -0.1) is 10.2 Å². The van der Waals surface area contributed by atoms with E-state index in [9.17, 15) is 0 Å². The first-order valence-corrected chi connectivity index (χ1v) is 5.08. The van der Waals surface area contributed by atoms with E-state index in [1.807, 2.05) is 12.1 Å². The van der Waals surface area contributed by atoms with Crippen LogP contribution in [0.1, 0.15) is 0 Å². The highest BCUT2D eigenvalue weighted by atomic mass is 79.9. The van der Waals surface area contributed by atoms with Gasteiger partial charge in [-0.1, -0.05) is 17.4 Å². The normalized spacial score (nSPS) is 10.2. The summed E-state index contributed by atoms with van der Waals surface area (Å²) >= 11 is 4.66. The van der Waals surface area contributed by atoms with Crippen molar-refractivity contribution in [1.82, 2.24) is 15.2 Å². The van der Waals surface area contributed by atoms with E-state index < -0.39 is 0 Å². The van der Waals surface area contributed by atoms with Crippen molar-refractivity contribution in [3.05, 3.63) is 22.1 Å². The second-order valence-corrected chi connectivity index (χ2v) is 4.56. The van der Waals surface area contributed by atoms with Gasteiger partial charge in [0.15, 0.2) is 8.92 Å². The number of rotatable bonds is 1. The van der Waals surface area contributed by atoms with E-state index in [0.29, 0.717) is 5.82 Å². The van der Waals surface area contributed by atoms with E-state index in [2.05, 4.69) is 31.1 Å². The van der Waals surface area contributed by atoms with Gasteiger partial charge in [-0.05, 0) is 28.1 Å². The molecule has 0 spiro atoms. The quantitative estimate of drug-likeness (QED) is 0.847. The highest BCUT2D eigenvalue weighted by Crippen LogP contribution is 2.24. The van der Waals surface area contributed by atoms with Crippen LogP contribution in [0.25, 0.3) is 10.7 Å². The lowest BCUT2D eigenvalue weighted by Crippen LogP contribution is -1.90. The summed E-state index contributed by atoms with van der Waals surface area (Å²) in [7, 11) is 0. The second-order valence-electron chi connectivity index (χ2n) is 2.31. The molecule has 0 aromatic carbocycles. The minimum Gasteiger partial charge on any atom is -0.384 e. The standard InChI is InChI=1S/C7H5BrN4S/c8-7-12-11-6(13-7)4-2-1-3-5(9)10-4/h1-3H,(H2,9,10). The number of nitrogens with two attached hydrogens (primary N) is 1. The Balaban J connectivity index is 2.46. The molecule has 0 radical (unpaired) electrons. The van der Waals surface area contributed by atoms with Gasteiger partial charge < -0.3 is 5.73 Å². The maximum absolute atomic E-state index is 5.54. The topological polar surface area (TPSA) is 64.7 Å². The Labute approximate surface area is 87.0 Å². The summed E-state index contributed by atoms with van der Waals surface area (Å²) in [5, 5.41) is 8.52.